The molecule has 0 aliphatic heterocycles. The molecule has 1 N–H and O–H groups in total. The van der Waals surface area contributed by atoms with Crippen molar-refractivity contribution >= 4 is 5.91 Å². The highest BCUT2D eigenvalue weighted by Gasteiger charge is 2.08. The van der Waals surface area contributed by atoms with Crippen molar-refractivity contribution in [3.8, 4) is 0 Å². The van der Waals surface area contributed by atoms with Gasteiger partial charge in [0.15, 0.2) is 0 Å². The van der Waals surface area contributed by atoms with Gasteiger partial charge in [0.25, 0.3) is 5.91 Å². The predicted molar refractivity (Wildman–Crippen MR) is 66.9 cm³/mol. The van der Waals surface area contributed by atoms with Crippen LogP contribution >= 0.6 is 0 Å². The maximum atomic E-state index is 11.9. The van der Waals surface area contributed by atoms with Crippen LogP contribution in [0.1, 0.15) is 27.7 Å². The Morgan fingerprint density at radius 3 is 2.78 bits per heavy atom. The van der Waals surface area contributed by atoms with Gasteiger partial charge in [0.05, 0.1) is 12.2 Å². The average molecular weight is 242 g/mol. The Morgan fingerprint density at radius 1 is 1.28 bits per heavy atom. The normalized spacial score (nSPS) is 10.1. The molecule has 0 bridgehead atoms. The van der Waals surface area contributed by atoms with Gasteiger partial charge in [0.2, 0.25) is 0 Å². The van der Waals surface area contributed by atoms with E-state index in [2.05, 4.69) is 20.3 Å². The molecule has 18 heavy (non-hydrogen) atoms. The number of aryl methyl sites for hydroxylation is 2. The average Bonchev–Trinajstić information content (AvgIpc) is 2.36. The van der Waals surface area contributed by atoms with Crippen molar-refractivity contribution in [1.29, 1.82) is 0 Å². The molecule has 0 radical (unpaired) electrons. The van der Waals surface area contributed by atoms with Crippen molar-refractivity contribution in [3.63, 3.8) is 0 Å². The van der Waals surface area contributed by atoms with Crippen LogP contribution in [0.4, 0.5) is 0 Å². The molecule has 1 amide bonds. The lowest BCUT2D eigenvalue weighted by molar-refractivity contribution is 0.0945. The number of aromatic nitrogens is 3. The van der Waals surface area contributed by atoms with E-state index in [0.717, 1.165) is 11.4 Å². The van der Waals surface area contributed by atoms with Crippen LogP contribution in [-0.2, 0) is 6.54 Å². The zero-order valence-electron chi connectivity index (χ0n) is 10.3. The van der Waals surface area contributed by atoms with Crippen LogP contribution in [0.15, 0.2) is 30.5 Å². The van der Waals surface area contributed by atoms with E-state index in [1.807, 2.05) is 25.1 Å². The first-order chi connectivity index (χ1) is 8.65. The summed E-state index contributed by atoms with van der Waals surface area (Å²) in [6, 6.07) is 7.24. The van der Waals surface area contributed by atoms with Crippen LogP contribution in [0.5, 0.6) is 0 Å². The second-order valence-electron chi connectivity index (χ2n) is 3.95. The van der Waals surface area contributed by atoms with Crippen LogP contribution in [0.25, 0.3) is 0 Å². The van der Waals surface area contributed by atoms with Crippen LogP contribution in [0.2, 0.25) is 0 Å². The van der Waals surface area contributed by atoms with Crippen molar-refractivity contribution in [2.75, 3.05) is 0 Å². The van der Waals surface area contributed by atoms with E-state index in [1.165, 1.54) is 0 Å². The number of carbonyl (C=O) groups is 1. The molecular weight excluding hydrogens is 228 g/mol. The van der Waals surface area contributed by atoms with Gasteiger partial charge in [-0.15, -0.1) is 0 Å². The summed E-state index contributed by atoms with van der Waals surface area (Å²) in [6.07, 6.45) is 1.69. The molecule has 0 aliphatic carbocycles. The Morgan fingerprint density at radius 2 is 2.11 bits per heavy atom. The number of hydrogen-bond acceptors (Lipinski definition) is 4. The summed E-state index contributed by atoms with van der Waals surface area (Å²) in [5.74, 6) is 0.382. The van der Waals surface area contributed by atoms with E-state index in [0.29, 0.717) is 18.1 Å². The van der Waals surface area contributed by atoms with E-state index in [1.54, 1.807) is 19.2 Å². The maximum absolute atomic E-state index is 11.9. The van der Waals surface area contributed by atoms with Crippen LogP contribution in [-0.4, -0.2) is 20.9 Å². The molecule has 0 spiro atoms. The summed E-state index contributed by atoms with van der Waals surface area (Å²) in [4.78, 5) is 24.3. The van der Waals surface area contributed by atoms with E-state index < -0.39 is 0 Å². The molecule has 0 fully saturated rings. The lowest BCUT2D eigenvalue weighted by atomic mass is 10.3. The van der Waals surface area contributed by atoms with Crippen LogP contribution in [0, 0.1) is 13.8 Å². The van der Waals surface area contributed by atoms with E-state index in [9.17, 15) is 4.79 Å². The standard InChI is InChI=1S/C13H14N4O/c1-9-7-12(17-10(2)16-9)13(18)15-8-11-5-3-4-6-14-11/h3-7H,8H2,1-2H3,(H,15,18). The fraction of sp³-hybridized carbons (Fsp3) is 0.231. The molecule has 0 saturated carbocycles. The summed E-state index contributed by atoms with van der Waals surface area (Å²) < 4.78 is 0. The third kappa shape index (κ3) is 3.10. The second-order valence-corrected chi connectivity index (χ2v) is 3.95. The van der Waals surface area contributed by atoms with E-state index in [4.69, 9.17) is 0 Å². The number of rotatable bonds is 3. The summed E-state index contributed by atoms with van der Waals surface area (Å²) >= 11 is 0. The van der Waals surface area contributed by atoms with Crippen molar-refractivity contribution in [2.24, 2.45) is 0 Å². The van der Waals surface area contributed by atoms with Gasteiger partial charge in [-0.2, -0.15) is 0 Å². The van der Waals surface area contributed by atoms with Gasteiger partial charge in [-0.25, -0.2) is 9.97 Å². The Labute approximate surface area is 105 Å². The van der Waals surface area contributed by atoms with Gasteiger partial charge < -0.3 is 5.32 Å². The SMILES string of the molecule is Cc1cc(C(=O)NCc2ccccn2)nc(C)n1. The lowest BCUT2D eigenvalue weighted by Crippen LogP contribution is -2.24. The molecule has 92 valence electrons. The van der Waals surface area contributed by atoms with Gasteiger partial charge >= 0.3 is 0 Å². The first kappa shape index (κ1) is 12.2. The minimum Gasteiger partial charge on any atom is -0.345 e. The Hall–Kier alpha value is -2.30. The molecule has 0 unspecified atom stereocenters. The minimum absolute atomic E-state index is 0.214. The second kappa shape index (κ2) is 5.35. The molecule has 2 heterocycles. The number of pyridine rings is 1. The fourth-order valence-corrected chi connectivity index (χ4v) is 1.60. The number of nitrogens with zero attached hydrogens (tertiary/aromatic N) is 3. The van der Waals surface area contributed by atoms with Gasteiger partial charge in [-0.1, -0.05) is 6.07 Å². The van der Waals surface area contributed by atoms with E-state index in [-0.39, 0.29) is 5.91 Å². The predicted octanol–water partition coefficient (Wildman–Crippen LogP) is 1.42. The first-order valence-corrected chi connectivity index (χ1v) is 5.65. The molecule has 2 aromatic heterocycles. The van der Waals surface area contributed by atoms with Gasteiger partial charge in [-0.3, -0.25) is 9.78 Å². The zero-order chi connectivity index (χ0) is 13.0. The molecule has 2 rings (SSSR count). The minimum atomic E-state index is -0.214. The molecule has 2 aromatic rings. The van der Waals surface area contributed by atoms with Gasteiger partial charge in [0.1, 0.15) is 11.5 Å². The number of amides is 1. The van der Waals surface area contributed by atoms with Crippen molar-refractivity contribution in [3.05, 3.63) is 53.4 Å². The molecule has 0 aromatic carbocycles. The third-order valence-electron chi connectivity index (χ3n) is 2.35. The zero-order valence-corrected chi connectivity index (χ0v) is 10.3. The molecule has 0 atom stereocenters. The molecule has 5 nitrogen and oxygen atoms in total. The quantitative estimate of drug-likeness (QED) is 0.883. The summed E-state index contributed by atoms with van der Waals surface area (Å²) in [5.41, 5.74) is 1.98. The van der Waals surface area contributed by atoms with Crippen LogP contribution < -0.4 is 5.32 Å². The molecular formula is C13H14N4O. The Bertz CT molecular complexity index is 534. The van der Waals surface area contributed by atoms with Crippen molar-refractivity contribution in [1.82, 2.24) is 20.3 Å². The lowest BCUT2D eigenvalue weighted by Gasteiger charge is -2.05. The summed E-state index contributed by atoms with van der Waals surface area (Å²) in [7, 11) is 0. The summed E-state index contributed by atoms with van der Waals surface area (Å²) in [5, 5.41) is 2.78. The first-order valence-electron chi connectivity index (χ1n) is 5.65. The van der Waals surface area contributed by atoms with Crippen molar-refractivity contribution < 1.29 is 4.79 Å². The fourth-order valence-electron chi connectivity index (χ4n) is 1.60. The van der Waals surface area contributed by atoms with Gasteiger partial charge in [0, 0.05) is 11.9 Å². The third-order valence-corrected chi connectivity index (χ3v) is 2.35. The highest BCUT2D eigenvalue weighted by molar-refractivity contribution is 5.92. The highest BCUT2D eigenvalue weighted by Crippen LogP contribution is 2.01. The monoisotopic (exact) mass is 242 g/mol. The number of carbonyl (C=O) groups excluding carboxylic acids is 1. The molecule has 5 heteroatoms. The van der Waals surface area contributed by atoms with Crippen molar-refractivity contribution in [2.45, 2.75) is 20.4 Å². The Balaban J connectivity index is 2.04. The van der Waals surface area contributed by atoms with Crippen LogP contribution in [0.3, 0.4) is 0 Å². The molecule has 0 saturated heterocycles. The summed E-state index contributed by atoms with van der Waals surface area (Å²) in [6.45, 7) is 3.99. The number of nitrogens with one attached hydrogen (secondary N) is 1. The molecule has 0 aliphatic rings. The number of hydrogen-bond donors (Lipinski definition) is 1. The smallest absolute Gasteiger partial charge is 0.270 e. The topological polar surface area (TPSA) is 67.8 Å². The van der Waals surface area contributed by atoms with Gasteiger partial charge in [-0.05, 0) is 32.0 Å². The maximum Gasteiger partial charge on any atom is 0.270 e. The Kier molecular flexibility index (Phi) is 3.62. The largest absolute Gasteiger partial charge is 0.345 e. The highest BCUT2D eigenvalue weighted by atomic mass is 16.1. The van der Waals surface area contributed by atoms with E-state index >= 15 is 0 Å².